The van der Waals surface area contributed by atoms with Gasteiger partial charge >= 0.3 is 0 Å². The number of rotatable bonds is 4. The van der Waals surface area contributed by atoms with E-state index >= 15 is 0 Å². The smallest absolute Gasteiger partial charge is 0.253 e. The summed E-state index contributed by atoms with van der Waals surface area (Å²) in [6.07, 6.45) is 1.07. The highest BCUT2D eigenvalue weighted by Gasteiger charge is 2.46. The highest BCUT2D eigenvalue weighted by atomic mass is 16.1. The van der Waals surface area contributed by atoms with E-state index in [4.69, 9.17) is 0 Å². The summed E-state index contributed by atoms with van der Waals surface area (Å²) < 4.78 is 0. The molecule has 1 unspecified atom stereocenters. The zero-order valence-electron chi connectivity index (χ0n) is 11.6. The number of carbonyl (C=O) groups excluding carboxylic acids is 1. The lowest BCUT2D eigenvalue weighted by atomic mass is 10.1. The van der Waals surface area contributed by atoms with Gasteiger partial charge in [0, 0.05) is 17.8 Å². The Labute approximate surface area is 109 Å². The quantitative estimate of drug-likeness (QED) is 0.857. The van der Waals surface area contributed by atoms with Gasteiger partial charge in [0.1, 0.15) is 0 Å². The minimum atomic E-state index is 0.0225. The van der Waals surface area contributed by atoms with Crippen molar-refractivity contribution in [3.8, 4) is 0 Å². The zero-order valence-corrected chi connectivity index (χ0v) is 11.6. The van der Waals surface area contributed by atoms with Crippen LogP contribution in [0.5, 0.6) is 0 Å². The van der Waals surface area contributed by atoms with Crippen LogP contribution in [0.15, 0.2) is 24.3 Å². The van der Waals surface area contributed by atoms with E-state index in [1.165, 1.54) is 0 Å². The van der Waals surface area contributed by atoms with E-state index < -0.39 is 0 Å². The third kappa shape index (κ3) is 2.84. The summed E-state index contributed by atoms with van der Waals surface area (Å²) in [6.45, 7) is 8.49. The molecule has 0 bridgehead atoms. The van der Waals surface area contributed by atoms with Crippen LogP contribution in [0.1, 0.15) is 44.5 Å². The van der Waals surface area contributed by atoms with Crippen molar-refractivity contribution in [3.63, 3.8) is 0 Å². The molecular weight excluding hydrogens is 224 g/mol. The first-order chi connectivity index (χ1) is 8.40. The second-order valence-corrected chi connectivity index (χ2v) is 6.06. The number of hydrogen-bond acceptors (Lipinski definition) is 2. The molecule has 0 aliphatic heterocycles. The molecule has 1 aromatic rings. The lowest BCUT2D eigenvalue weighted by Gasteiger charge is -2.15. The number of anilines is 1. The summed E-state index contributed by atoms with van der Waals surface area (Å²) in [4.78, 5) is 12.2. The van der Waals surface area contributed by atoms with Crippen molar-refractivity contribution in [2.45, 2.75) is 46.2 Å². The van der Waals surface area contributed by atoms with Crippen LogP contribution in [-0.2, 0) is 0 Å². The number of para-hydroxylation sites is 1. The summed E-state index contributed by atoms with van der Waals surface area (Å²) in [6, 6.07) is 8.30. The van der Waals surface area contributed by atoms with Crippen molar-refractivity contribution in [1.82, 2.24) is 5.32 Å². The van der Waals surface area contributed by atoms with Crippen molar-refractivity contribution in [2.24, 2.45) is 5.41 Å². The van der Waals surface area contributed by atoms with Crippen LogP contribution in [0.25, 0.3) is 0 Å². The molecule has 1 aliphatic rings. The van der Waals surface area contributed by atoms with Gasteiger partial charge in [-0.05, 0) is 37.8 Å². The molecule has 1 fully saturated rings. The molecule has 0 radical (unpaired) electrons. The van der Waals surface area contributed by atoms with E-state index in [1.807, 2.05) is 24.3 Å². The van der Waals surface area contributed by atoms with E-state index in [0.29, 0.717) is 12.1 Å². The topological polar surface area (TPSA) is 41.1 Å². The lowest BCUT2D eigenvalue weighted by Crippen LogP contribution is -2.29. The molecule has 18 heavy (non-hydrogen) atoms. The van der Waals surface area contributed by atoms with Gasteiger partial charge < -0.3 is 10.6 Å². The average Bonchev–Trinajstić information content (AvgIpc) is 2.85. The Bertz CT molecular complexity index is 452. The van der Waals surface area contributed by atoms with Crippen molar-refractivity contribution < 1.29 is 4.79 Å². The summed E-state index contributed by atoms with van der Waals surface area (Å²) in [5.74, 6) is 0.0225. The van der Waals surface area contributed by atoms with Gasteiger partial charge in [-0.1, -0.05) is 26.0 Å². The Hall–Kier alpha value is -1.51. The molecule has 0 saturated heterocycles. The maximum atomic E-state index is 12.2. The van der Waals surface area contributed by atoms with Crippen LogP contribution < -0.4 is 10.6 Å². The third-order valence-corrected chi connectivity index (χ3v) is 3.43. The monoisotopic (exact) mass is 246 g/mol. The van der Waals surface area contributed by atoms with Gasteiger partial charge in [0.25, 0.3) is 5.91 Å². The molecule has 0 heterocycles. The van der Waals surface area contributed by atoms with Gasteiger partial charge in [0.05, 0.1) is 5.56 Å². The maximum absolute atomic E-state index is 12.2. The normalized spacial score (nSPS) is 20.6. The molecule has 1 atom stereocenters. The van der Waals surface area contributed by atoms with E-state index in [0.717, 1.165) is 17.7 Å². The molecule has 1 saturated carbocycles. The van der Waals surface area contributed by atoms with Crippen LogP contribution in [0, 0.1) is 5.41 Å². The average molecular weight is 246 g/mol. The van der Waals surface area contributed by atoms with Gasteiger partial charge in [0.15, 0.2) is 0 Å². The molecule has 2 N–H and O–H groups in total. The summed E-state index contributed by atoms with van der Waals surface area (Å²) in [5.41, 5.74) is 1.90. The molecule has 98 valence electrons. The van der Waals surface area contributed by atoms with Crippen molar-refractivity contribution in [3.05, 3.63) is 29.8 Å². The number of benzene rings is 1. The van der Waals surface area contributed by atoms with E-state index in [1.54, 1.807) is 0 Å². The molecule has 1 aromatic carbocycles. The van der Waals surface area contributed by atoms with Gasteiger partial charge in [-0.2, -0.15) is 0 Å². The van der Waals surface area contributed by atoms with Gasteiger partial charge in [-0.3, -0.25) is 4.79 Å². The minimum absolute atomic E-state index is 0.0225. The number of carbonyl (C=O) groups is 1. The van der Waals surface area contributed by atoms with Crippen molar-refractivity contribution in [1.29, 1.82) is 0 Å². The Morgan fingerprint density at radius 1 is 1.33 bits per heavy atom. The minimum Gasteiger partial charge on any atom is -0.382 e. The standard InChI is InChI=1S/C15H22N2O/c1-10(2)16-12-8-6-5-7-11(12)14(18)17-13-9-15(13,3)4/h5-8,10,13,16H,9H2,1-4H3,(H,17,18). The highest BCUT2D eigenvalue weighted by Crippen LogP contribution is 2.44. The number of nitrogens with one attached hydrogen (secondary N) is 2. The second-order valence-electron chi connectivity index (χ2n) is 6.06. The zero-order chi connectivity index (χ0) is 13.3. The summed E-state index contributed by atoms with van der Waals surface area (Å²) >= 11 is 0. The molecule has 2 rings (SSSR count). The van der Waals surface area contributed by atoms with Crippen LogP contribution in [0.4, 0.5) is 5.69 Å². The Kier molecular flexibility index (Phi) is 3.33. The first-order valence-corrected chi connectivity index (χ1v) is 6.56. The fraction of sp³-hybridized carbons (Fsp3) is 0.533. The summed E-state index contributed by atoms with van der Waals surface area (Å²) in [7, 11) is 0. The van der Waals surface area contributed by atoms with Crippen LogP contribution in [0.2, 0.25) is 0 Å². The number of hydrogen-bond donors (Lipinski definition) is 2. The molecule has 0 spiro atoms. The predicted octanol–water partition coefficient (Wildman–Crippen LogP) is 3.04. The second kappa shape index (κ2) is 4.63. The number of amides is 1. The first kappa shape index (κ1) is 12.9. The predicted molar refractivity (Wildman–Crippen MR) is 74.9 cm³/mol. The maximum Gasteiger partial charge on any atom is 0.253 e. The largest absolute Gasteiger partial charge is 0.382 e. The molecule has 3 nitrogen and oxygen atoms in total. The fourth-order valence-electron chi connectivity index (χ4n) is 2.07. The van der Waals surface area contributed by atoms with E-state index in [-0.39, 0.29) is 11.3 Å². The molecule has 1 aliphatic carbocycles. The summed E-state index contributed by atoms with van der Waals surface area (Å²) in [5, 5.41) is 6.40. The van der Waals surface area contributed by atoms with Gasteiger partial charge in [-0.25, -0.2) is 0 Å². The van der Waals surface area contributed by atoms with Gasteiger partial charge in [0.2, 0.25) is 0 Å². The van der Waals surface area contributed by atoms with Crippen molar-refractivity contribution >= 4 is 11.6 Å². The Balaban J connectivity index is 2.10. The Morgan fingerprint density at radius 2 is 1.94 bits per heavy atom. The highest BCUT2D eigenvalue weighted by molar-refractivity contribution is 6.00. The fourth-order valence-corrected chi connectivity index (χ4v) is 2.07. The SMILES string of the molecule is CC(C)Nc1ccccc1C(=O)NC1CC1(C)C. The lowest BCUT2D eigenvalue weighted by molar-refractivity contribution is 0.0947. The van der Waals surface area contributed by atoms with Gasteiger partial charge in [-0.15, -0.1) is 0 Å². The molecular formula is C15H22N2O. The molecule has 1 amide bonds. The molecule has 3 heteroatoms. The van der Waals surface area contributed by atoms with Crippen LogP contribution in [0.3, 0.4) is 0 Å². The molecule has 0 aromatic heterocycles. The first-order valence-electron chi connectivity index (χ1n) is 6.56. The van der Waals surface area contributed by atoms with Crippen LogP contribution >= 0.6 is 0 Å². The van der Waals surface area contributed by atoms with E-state index in [2.05, 4.69) is 38.3 Å². The third-order valence-electron chi connectivity index (χ3n) is 3.43. The van der Waals surface area contributed by atoms with E-state index in [9.17, 15) is 4.79 Å². The van der Waals surface area contributed by atoms with Crippen molar-refractivity contribution in [2.75, 3.05) is 5.32 Å². The Morgan fingerprint density at radius 3 is 2.50 bits per heavy atom. The van der Waals surface area contributed by atoms with Crippen LogP contribution in [-0.4, -0.2) is 18.0 Å².